The van der Waals surface area contributed by atoms with Crippen LogP contribution in [0, 0.1) is 0 Å². The number of aromatic nitrogens is 4. The molecule has 1 saturated heterocycles. The Morgan fingerprint density at radius 2 is 1.83 bits per heavy atom. The molecule has 1 aliphatic heterocycles. The summed E-state index contributed by atoms with van der Waals surface area (Å²) in [6, 6.07) is 11.7. The van der Waals surface area contributed by atoms with Gasteiger partial charge < -0.3 is 14.5 Å². The molecule has 182 valence electrons. The van der Waals surface area contributed by atoms with Gasteiger partial charge in [0.1, 0.15) is 5.65 Å². The Labute approximate surface area is 203 Å². The maximum absolute atomic E-state index is 13.0. The molecule has 0 radical (unpaired) electrons. The molecule has 4 heterocycles. The fraction of sp³-hybridized carbons (Fsp3) is 0.292. The van der Waals surface area contributed by atoms with Gasteiger partial charge in [-0.05, 0) is 50.2 Å². The fourth-order valence-electron chi connectivity index (χ4n) is 4.20. The Morgan fingerprint density at radius 1 is 1.09 bits per heavy atom. The monoisotopic (exact) mass is 494 g/mol. The largest absolute Gasteiger partial charge is 0.373 e. The van der Waals surface area contributed by atoms with Crippen molar-refractivity contribution in [1.29, 1.82) is 0 Å². The SMILES string of the molecule is CC1CN(S(=O)(=O)c2ccc(C(=O)Nc3cnn(Cc4cn5ccccc5n4)c3)cc2)CC(C)O1. The van der Waals surface area contributed by atoms with E-state index in [4.69, 9.17) is 4.74 Å². The maximum atomic E-state index is 13.0. The number of rotatable bonds is 6. The zero-order valence-corrected chi connectivity index (χ0v) is 20.2. The summed E-state index contributed by atoms with van der Waals surface area (Å²) in [5.41, 5.74) is 2.58. The van der Waals surface area contributed by atoms with E-state index in [-0.39, 0.29) is 23.0 Å². The minimum atomic E-state index is -3.66. The molecule has 2 unspecified atom stereocenters. The molecular weight excluding hydrogens is 468 g/mol. The summed E-state index contributed by atoms with van der Waals surface area (Å²) in [6.45, 7) is 4.76. The normalized spacial score (nSPS) is 19.1. The molecular formula is C24H26N6O4S. The summed E-state index contributed by atoms with van der Waals surface area (Å²) in [5, 5.41) is 7.10. The molecule has 10 nitrogen and oxygen atoms in total. The number of ether oxygens (including phenoxy) is 1. The molecule has 1 amide bonds. The molecule has 0 bridgehead atoms. The van der Waals surface area contributed by atoms with Crippen LogP contribution in [0.4, 0.5) is 5.69 Å². The Balaban J connectivity index is 1.24. The number of benzene rings is 1. The summed E-state index contributed by atoms with van der Waals surface area (Å²) in [7, 11) is -3.66. The second kappa shape index (κ2) is 9.25. The van der Waals surface area contributed by atoms with Crippen molar-refractivity contribution < 1.29 is 17.9 Å². The Hall–Kier alpha value is -3.54. The van der Waals surface area contributed by atoms with Crippen LogP contribution in [0.1, 0.15) is 29.9 Å². The lowest BCUT2D eigenvalue weighted by Crippen LogP contribution is -2.48. The van der Waals surface area contributed by atoms with Crippen molar-refractivity contribution in [1.82, 2.24) is 23.5 Å². The number of carbonyl (C=O) groups excluding carboxylic acids is 1. The number of carbonyl (C=O) groups is 1. The van der Waals surface area contributed by atoms with Crippen LogP contribution in [0.5, 0.6) is 0 Å². The highest BCUT2D eigenvalue weighted by Gasteiger charge is 2.32. The molecule has 1 N–H and O–H groups in total. The van der Waals surface area contributed by atoms with E-state index in [1.54, 1.807) is 17.1 Å². The van der Waals surface area contributed by atoms with E-state index in [1.807, 2.05) is 48.8 Å². The number of morpholine rings is 1. The number of nitrogens with one attached hydrogen (secondary N) is 1. The Bertz CT molecular complexity index is 1420. The number of anilines is 1. The first-order valence-corrected chi connectivity index (χ1v) is 12.7. The summed E-state index contributed by atoms with van der Waals surface area (Å²) in [4.78, 5) is 17.4. The molecule has 1 aliphatic rings. The van der Waals surface area contributed by atoms with Gasteiger partial charge in [-0.1, -0.05) is 6.07 Å². The van der Waals surface area contributed by atoms with E-state index in [2.05, 4.69) is 15.4 Å². The number of hydrogen-bond acceptors (Lipinski definition) is 6. The lowest BCUT2D eigenvalue weighted by Gasteiger charge is -2.34. The van der Waals surface area contributed by atoms with E-state index in [9.17, 15) is 13.2 Å². The molecule has 3 aromatic heterocycles. The predicted octanol–water partition coefficient (Wildman–Crippen LogP) is 2.63. The second-order valence-corrected chi connectivity index (χ2v) is 10.6. The van der Waals surface area contributed by atoms with E-state index < -0.39 is 10.0 Å². The van der Waals surface area contributed by atoms with Gasteiger partial charge in [-0.3, -0.25) is 9.48 Å². The minimum Gasteiger partial charge on any atom is -0.373 e. The lowest BCUT2D eigenvalue weighted by atomic mass is 10.2. The highest BCUT2D eigenvalue weighted by Crippen LogP contribution is 2.22. The van der Waals surface area contributed by atoms with Crippen LogP contribution < -0.4 is 5.32 Å². The van der Waals surface area contributed by atoms with Crippen LogP contribution in [-0.4, -0.2) is 63.1 Å². The number of amides is 1. The summed E-state index contributed by atoms with van der Waals surface area (Å²) >= 11 is 0. The quantitative estimate of drug-likeness (QED) is 0.441. The number of pyridine rings is 1. The maximum Gasteiger partial charge on any atom is 0.255 e. The van der Waals surface area contributed by atoms with Gasteiger partial charge in [-0.15, -0.1) is 0 Å². The number of hydrogen-bond donors (Lipinski definition) is 1. The molecule has 0 saturated carbocycles. The third kappa shape index (κ3) is 4.97. The highest BCUT2D eigenvalue weighted by molar-refractivity contribution is 7.89. The Morgan fingerprint density at radius 3 is 2.54 bits per heavy atom. The smallest absolute Gasteiger partial charge is 0.255 e. The summed E-state index contributed by atoms with van der Waals surface area (Å²) in [5.74, 6) is -0.352. The number of imidazole rings is 1. The van der Waals surface area contributed by atoms with E-state index in [1.165, 1.54) is 28.6 Å². The topological polar surface area (TPSA) is 111 Å². The molecule has 0 spiro atoms. The van der Waals surface area contributed by atoms with Gasteiger partial charge in [0.25, 0.3) is 5.91 Å². The molecule has 4 aromatic rings. The molecule has 35 heavy (non-hydrogen) atoms. The van der Waals surface area contributed by atoms with Crippen LogP contribution in [0.2, 0.25) is 0 Å². The highest BCUT2D eigenvalue weighted by atomic mass is 32.2. The molecule has 11 heteroatoms. The first-order chi connectivity index (χ1) is 16.8. The van der Waals surface area contributed by atoms with Crippen molar-refractivity contribution in [3.8, 4) is 0 Å². The fourth-order valence-corrected chi connectivity index (χ4v) is 5.79. The van der Waals surface area contributed by atoms with Crippen molar-refractivity contribution in [3.63, 3.8) is 0 Å². The predicted molar refractivity (Wildman–Crippen MR) is 130 cm³/mol. The zero-order chi connectivity index (χ0) is 24.6. The van der Waals surface area contributed by atoms with Gasteiger partial charge in [-0.2, -0.15) is 9.40 Å². The van der Waals surface area contributed by atoms with Crippen molar-refractivity contribution in [2.45, 2.75) is 37.5 Å². The van der Waals surface area contributed by atoms with Crippen molar-refractivity contribution in [2.24, 2.45) is 0 Å². The van der Waals surface area contributed by atoms with Crippen LogP contribution in [-0.2, 0) is 21.3 Å². The number of fused-ring (bicyclic) bond motifs is 1. The summed E-state index contributed by atoms with van der Waals surface area (Å²) in [6.07, 6.45) is 6.80. The van der Waals surface area contributed by atoms with E-state index in [0.29, 0.717) is 30.9 Å². The zero-order valence-electron chi connectivity index (χ0n) is 19.4. The second-order valence-electron chi connectivity index (χ2n) is 8.68. The first kappa shape index (κ1) is 23.2. The van der Waals surface area contributed by atoms with Gasteiger partial charge in [0, 0.05) is 37.2 Å². The molecule has 5 rings (SSSR count). The first-order valence-electron chi connectivity index (χ1n) is 11.3. The Kier molecular flexibility index (Phi) is 6.13. The van der Waals surface area contributed by atoms with Crippen LogP contribution in [0.25, 0.3) is 5.65 Å². The van der Waals surface area contributed by atoms with Gasteiger partial charge in [0.2, 0.25) is 10.0 Å². The average molecular weight is 495 g/mol. The van der Waals surface area contributed by atoms with Gasteiger partial charge in [0.15, 0.2) is 0 Å². The minimum absolute atomic E-state index is 0.149. The molecule has 0 aliphatic carbocycles. The van der Waals surface area contributed by atoms with Crippen LogP contribution in [0.3, 0.4) is 0 Å². The van der Waals surface area contributed by atoms with Crippen LogP contribution in [0.15, 0.2) is 72.1 Å². The van der Waals surface area contributed by atoms with Crippen molar-refractivity contribution >= 4 is 27.3 Å². The molecule has 1 aromatic carbocycles. The van der Waals surface area contributed by atoms with Crippen molar-refractivity contribution in [2.75, 3.05) is 18.4 Å². The molecule has 1 fully saturated rings. The number of sulfonamides is 1. The standard InChI is InChI=1S/C24H26N6O4S/c1-17-12-30(13-18(2)34-17)35(32,33)22-8-6-19(7-9-22)24(31)27-20-11-25-29(15-20)16-21-14-28-10-4-3-5-23(28)26-21/h3-11,14-15,17-18H,12-13,16H2,1-2H3,(H,27,31). The van der Waals surface area contributed by atoms with Crippen molar-refractivity contribution in [3.05, 3.63) is 78.5 Å². The third-order valence-electron chi connectivity index (χ3n) is 5.77. The van der Waals surface area contributed by atoms with Gasteiger partial charge in [0.05, 0.1) is 41.2 Å². The van der Waals surface area contributed by atoms with E-state index >= 15 is 0 Å². The van der Waals surface area contributed by atoms with Gasteiger partial charge >= 0.3 is 0 Å². The van der Waals surface area contributed by atoms with E-state index in [0.717, 1.165) is 11.3 Å². The van der Waals surface area contributed by atoms with Gasteiger partial charge in [-0.25, -0.2) is 13.4 Å². The molecule has 2 atom stereocenters. The average Bonchev–Trinajstić information content (AvgIpc) is 3.44. The lowest BCUT2D eigenvalue weighted by molar-refractivity contribution is -0.0440. The van der Waals surface area contributed by atoms with Crippen LogP contribution >= 0.6 is 0 Å². The third-order valence-corrected chi connectivity index (χ3v) is 7.62. The summed E-state index contributed by atoms with van der Waals surface area (Å²) < 4.78 is 36.7. The number of nitrogens with zero attached hydrogens (tertiary/aromatic N) is 5.